The van der Waals surface area contributed by atoms with Crippen molar-refractivity contribution in [2.24, 2.45) is 5.73 Å². The van der Waals surface area contributed by atoms with E-state index in [0.29, 0.717) is 11.5 Å². The minimum atomic E-state index is -1.36. The van der Waals surface area contributed by atoms with Crippen LogP contribution in [0.5, 0.6) is 11.5 Å². The Morgan fingerprint density at radius 2 is 1.40 bits per heavy atom. The fourth-order valence-electron chi connectivity index (χ4n) is 2.02. The molecule has 0 aliphatic heterocycles. The van der Waals surface area contributed by atoms with E-state index in [4.69, 9.17) is 19.9 Å². The second-order valence-corrected chi connectivity index (χ2v) is 5.02. The van der Waals surface area contributed by atoms with Crippen LogP contribution in [-0.2, 0) is 14.3 Å². The highest BCUT2D eigenvalue weighted by molar-refractivity contribution is 5.88. The highest BCUT2D eigenvalue weighted by Gasteiger charge is 2.38. The molecule has 2 N–H and O–H groups in total. The molecule has 0 saturated carbocycles. The number of hydrogen-bond donors (Lipinski definition) is 1. The van der Waals surface area contributed by atoms with Crippen LogP contribution in [0.25, 0.3) is 0 Å². The number of carbonyl (C=O) groups excluding carboxylic acids is 2. The van der Waals surface area contributed by atoms with Crippen LogP contribution in [0, 0.1) is 0 Å². The number of benzene rings is 2. The highest BCUT2D eigenvalue weighted by Crippen LogP contribution is 2.18. The number of amides is 1. The lowest BCUT2D eigenvalue weighted by atomic mass is 10.1. The molecule has 2 unspecified atom stereocenters. The fourth-order valence-corrected chi connectivity index (χ4v) is 2.02. The molecule has 0 fully saturated rings. The molecular weight excluding hydrogens is 322 g/mol. The number of hydrogen-bond acceptors (Lipinski definition) is 5. The molecule has 6 heteroatoms. The number of carbonyl (C=O) groups is 2. The second kappa shape index (κ2) is 9.12. The van der Waals surface area contributed by atoms with Gasteiger partial charge in [-0.15, -0.1) is 0 Å². The van der Waals surface area contributed by atoms with Gasteiger partial charge in [-0.05, 0) is 24.3 Å². The van der Waals surface area contributed by atoms with E-state index in [1.807, 2.05) is 0 Å². The van der Waals surface area contributed by atoms with Gasteiger partial charge in [-0.1, -0.05) is 49.1 Å². The maximum atomic E-state index is 12.4. The van der Waals surface area contributed by atoms with Crippen LogP contribution in [0.2, 0.25) is 0 Å². The first kappa shape index (κ1) is 18.1. The van der Waals surface area contributed by atoms with Gasteiger partial charge in [-0.25, -0.2) is 4.79 Å². The zero-order valence-electron chi connectivity index (χ0n) is 13.5. The standard InChI is InChI=1S/C19H19NO5/c1-2-13-23-19(22)17(25-15-11-7-4-8-12-15)16(18(20)21)24-14-9-5-3-6-10-14/h2-12,16-17H,1,13H2,(H2,20,21). The molecule has 6 nitrogen and oxygen atoms in total. The van der Waals surface area contributed by atoms with Crippen LogP contribution >= 0.6 is 0 Å². The molecule has 0 radical (unpaired) electrons. The summed E-state index contributed by atoms with van der Waals surface area (Å²) in [7, 11) is 0. The summed E-state index contributed by atoms with van der Waals surface area (Å²) in [6, 6.07) is 17.1. The van der Waals surface area contributed by atoms with Crippen molar-refractivity contribution in [3.8, 4) is 11.5 Å². The predicted molar refractivity (Wildman–Crippen MR) is 92.1 cm³/mol. The minimum Gasteiger partial charge on any atom is -0.476 e. The number of primary amides is 1. The van der Waals surface area contributed by atoms with Crippen LogP contribution in [-0.4, -0.2) is 30.7 Å². The molecular formula is C19H19NO5. The number of rotatable bonds is 9. The van der Waals surface area contributed by atoms with Crippen molar-refractivity contribution < 1.29 is 23.8 Å². The Morgan fingerprint density at radius 1 is 0.920 bits per heavy atom. The van der Waals surface area contributed by atoms with Crippen LogP contribution < -0.4 is 15.2 Å². The summed E-state index contributed by atoms with van der Waals surface area (Å²) < 4.78 is 16.2. The first-order valence-corrected chi connectivity index (χ1v) is 7.62. The quantitative estimate of drug-likeness (QED) is 0.557. The van der Waals surface area contributed by atoms with Gasteiger partial charge in [-0.3, -0.25) is 4.79 Å². The Morgan fingerprint density at radius 3 is 1.84 bits per heavy atom. The first-order valence-electron chi connectivity index (χ1n) is 7.62. The number of ether oxygens (including phenoxy) is 3. The van der Waals surface area contributed by atoms with E-state index in [1.54, 1.807) is 60.7 Å². The van der Waals surface area contributed by atoms with Crippen molar-refractivity contribution in [2.45, 2.75) is 12.2 Å². The molecule has 1 amide bonds. The van der Waals surface area contributed by atoms with E-state index in [-0.39, 0.29) is 6.61 Å². The topological polar surface area (TPSA) is 87.8 Å². The van der Waals surface area contributed by atoms with Crippen molar-refractivity contribution >= 4 is 11.9 Å². The summed E-state index contributed by atoms with van der Waals surface area (Å²) in [5, 5.41) is 0. The maximum absolute atomic E-state index is 12.4. The van der Waals surface area contributed by atoms with Crippen LogP contribution in [0.15, 0.2) is 73.3 Å². The summed E-state index contributed by atoms with van der Waals surface area (Å²) in [4.78, 5) is 24.3. The molecule has 25 heavy (non-hydrogen) atoms. The molecule has 2 rings (SSSR count). The van der Waals surface area contributed by atoms with Gasteiger partial charge in [0.25, 0.3) is 5.91 Å². The highest BCUT2D eigenvalue weighted by atomic mass is 16.6. The van der Waals surface area contributed by atoms with Gasteiger partial charge in [-0.2, -0.15) is 0 Å². The van der Waals surface area contributed by atoms with Crippen molar-refractivity contribution in [3.63, 3.8) is 0 Å². The third-order valence-corrected chi connectivity index (χ3v) is 3.14. The average molecular weight is 341 g/mol. The summed E-state index contributed by atoms with van der Waals surface area (Å²) in [6.45, 7) is 3.46. The molecule has 130 valence electrons. The zero-order chi connectivity index (χ0) is 18.1. The van der Waals surface area contributed by atoms with Crippen LogP contribution in [0.4, 0.5) is 0 Å². The van der Waals surface area contributed by atoms with Crippen LogP contribution in [0.3, 0.4) is 0 Å². The summed E-state index contributed by atoms with van der Waals surface area (Å²) in [5.74, 6) is -0.862. The Balaban J connectivity index is 2.26. The maximum Gasteiger partial charge on any atom is 0.352 e. The van der Waals surface area contributed by atoms with Crippen LogP contribution in [0.1, 0.15) is 0 Å². The molecule has 2 aromatic carbocycles. The monoisotopic (exact) mass is 341 g/mol. The Bertz CT molecular complexity index is 702. The molecule has 0 aliphatic carbocycles. The zero-order valence-corrected chi connectivity index (χ0v) is 13.5. The van der Waals surface area contributed by atoms with Gasteiger partial charge in [0.05, 0.1) is 0 Å². The largest absolute Gasteiger partial charge is 0.476 e. The van der Waals surface area contributed by atoms with Gasteiger partial charge in [0.1, 0.15) is 18.1 Å². The lowest BCUT2D eigenvalue weighted by molar-refractivity contribution is -0.158. The smallest absolute Gasteiger partial charge is 0.352 e. The minimum absolute atomic E-state index is 0.0235. The third-order valence-electron chi connectivity index (χ3n) is 3.14. The van der Waals surface area contributed by atoms with E-state index >= 15 is 0 Å². The van der Waals surface area contributed by atoms with E-state index in [1.165, 1.54) is 6.08 Å². The van der Waals surface area contributed by atoms with E-state index in [0.717, 1.165) is 0 Å². The summed E-state index contributed by atoms with van der Waals surface area (Å²) >= 11 is 0. The summed E-state index contributed by atoms with van der Waals surface area (Å²) in [6.07, 6.45) is -1.31. The third kappa shape index (κ3) is 5.39. The molecule has 0 aliphatic rings. The first-order chi connectivity index (χ1) is 12.1. The Labute approximate surface area is 145 Å². The fraction of sp³-hybridized carbons (Fsp3) is 0.158. The van der Waals surface area contributed by atoms with Gasteiger partial charge in [0.2, 0.25) is 12.2 Å². The van der Waals surface area contributed by atoms with Gasteiger partial charge in [0.15, 0.2) is 0 Å². The SMILES string of the molecule is C=CCOC(=O)C(Oc1ccccc1)C(Oc1ccccc1)C(N)=O. The molecule has 2 atom stereocenters. The molecule has 0 saturated heterocycles. The molecule has 0 heterocycles. The van der Waals surface area contributed by atoms with E-state index in [9.17, 15) is 9.59 Å². The average Bonchev–Trinajstić information content (AvgIpc) is 2.64. The van der Waals surface area contributed by atoms with Gasteiger partial charge in [0, 0.05) is 0 Å². The lowest BCUT2D eigenvalue weighted by Crippen LogP contribution is -2.51. The molecule has 2 aromatic rings. The predicted octanol–water partition coefficient (Wildman–Crippen LogP) is 2.10. The normalized spacial score (nSPS) is 12.5. The van der Waals surface area contributed by atoms with Gasteiger partial charge >= 0.3 is 5.97 Å². The van der Waals surface area contributed by atoms with Gasteiger partial charge < -0.3 is 19.9 Å². The Hall–Kier alpha value is -3.28. The molecule has 0 aromatic heterocycles. The molecule has 0 spiro atoms. The lowest BCUT2D eigenvalue weighted by Gasteiger charge is -2.24. The van der Waals surface area contributed by atoms with Crippen molar-refractivity contribution in [1.82, 2.24) is 0 Å². The van der Waals surface area contributed by atoms with Crippen molar-refractivity contribution in [1.29, 1.82) is 0 Å². The Kier molecular flexibility index (Phi) is 6.59. The van der Waals surface area contributed by atoms with E-state index in [2.05, 4.69) is 6.58 Å². The van der Waals surface area contributed by atoms with Crippen molar-refractivity contribution in [2.75, 3.05) is 6.61 Å². The van der Waals surface area contributed by atoms with Crippen molar-refractivity contribution in [3.05, 3.63) is 73.3 Å². The number of para-hydroxylation sites is 2. The summed E-state index contributed by atoms with van der Waals surface area (Å²) in [5.41, 5.74) is 5.43. The second-order valence-electron chi connectivity index (χ2n) is 5.02. The number of nitrogens with two attached hydrogens (primary N) is 1. The van der Waals surface area contributed by atoms with E-state index < -0.39 is 24.1 Å². The molecule has 0 bridgehead atoms. The number of esters is 1.